The summed E-state index contributed by atoms with van der Waals surface area (Å²) in [4.78, 5) is 26.7. The van der Waals surface area contributed by atoms with Gasteiger partial charge in [-0.2, -0.15) is 4.31 Å². The second-order valence-electron chi connectivity index (χ2n) is 8.91. The maximum atomic E-state index is 14.6. The summed E-state index contributed by atoms with van der Waals surface area (Å²) in [5, 5.41) is 0. The number of piperazine rings is 1. The molecule has 2 heterocycles. The summed E-state index contributed by atoms with van der Waals surface area (Å²) in [5.74, 6) is -0.691. The fraction of sp³-hybridized carbons (Fsp3) is 0.636. The van der Waals surface area contributed by atoms with Crippen LogP contribution >= 0.6 is 0 Å². The van der Waals surface area contributed by atoms with Crippen molar-refractivity contribution in [3.63, 3.8) is 0 Å². The van der Waals surface area contributed by atoms with E-state index in [9.17, 15) is 22.4 Å². The quantitative estimate of drug-likeness (QED) is 0.681. The number of hydrogen-bond acceptors (Lipinski definition) is 5. The highest BCUT2D eigenvalue weighted by Gasteiger charge is 2.40. The molecule has 10 heteroatoms. The van der Waals surface area contributed by atoms with Crippen LogP contribution in [-0.4, -0.2) is 67.4 Å². The molecule has 0 spiro atoms. The second-order valence-corrected chi connectivity index (χ2v) is 11.2. The molecular formula is C22H31FN4O4S. The molecule has 1 aromatic carbocycles. The third-order valence-electron chi connectivity index (χ3n) is 7.05. The second kappa shape index (κ2) is 9.44. The number of halogens is 1. The lowest BCUT2D eigenvalue weighted by atomic mass is 9.72. The van der Waals surface area contributed by atoms with E-state index in [4.69, 9.17) is 0 Å². The summed E-state index contributed by atoms with van der Waals surface area (Å²) in [6.45, 7) is 2.51. The van der Waals surface area contributed by atoms with Gasteiger partial charge in [0.25, 0.3) is 5.91 Å². The first-order valence-corrected chi connectivity index (χ1v) is 13.0. The molecule has 1 saturated carbocycles. The van der Waals surface area contributed by atoms with Crippen molar-refractivity contribution >= 4 is 21.8 Å². The molecule has 1 aromatic rings. The average Bonchev–Trinajstić information content (AvgIpc) is 2.82. The maximum Gasteiger partial charge on any atom is 0.256 e. The van der Waals surface area contributed by atoms with Crippen molar-refractivity contribution < 1.29 is 22.4 Å². The van der Waals surface area contributed by atoms with Crippen LogP contribution in [0.4, 0.5) is 4.39 Å². The zero-order valence-electron chi connectivity index (χ0n) is 18.3. The maximum absolute atomic E-state index is 14.6. The first kappa shape index (κ1) is 23.1. The van der Waals surface area contributed by atoms with E-state index < -0.39 is 21.7 Å². The number of fused-ring (bicyclic) bond motifs is 1. The van der Waals surface area contributed by atoms with E-state index in [2.05, 4.69) is 10.9 Å². The van der Waals surface area contributed by atoms with Gasteiger partial charge >= 0.3 is 0 Å². The number of benzene rings is 1. The van der Waals surface area contributed by atoms with Crippen molar-refractivity contribution in [3.8, 4) is 0 Å². The van der Waals surface area contributed by atoms with Crippen LogP contribution < -0.4 is 10.9 Å². The van der Waals surface area contributed by atoms with Crippen molar-refractivity contribution in [1.82, 2.24) is 20.1 Å². The molecular weight excluding hydrogens is 435 g/mol. The fourth-order valence-corrected chi connectivity index (χ4v) is 6.26. The zero-order chi connectivity index (χ0) is 22.9. The van der Waals surface area contributed by atoms with Crippen LogP contribution in [0.25, 0.3) is 0 Å². The largest absolute Gasteiger partial charge is 0.336 e. The molecule has 0 radical (unpaired) electrons. The van der Waals surface area contributed by atoms with Gasteiger partial charge in [-0.05, 0) is 49.8 Å². The number of carbonyl (C=O) groups is 2. The molecule has 3 atom stereocenters. The Hall–Kier alpha value is -2.04. The van der Waals surface area contributed by atoms with Crippen LogP contribution in [0, 0.1) is 17.7 Å². The van der Waals surface area contributed by atoms with E-state index in [1.54, 1.807) is 19.1 Å². The summed E-state index contributed by atoms with van der Waals surface area (Å²) < 4.78 is 40.0. The normalized spacial score (nSPS) is 27.0. The predicted molar refractivity (Wildman–Crippen MR) is 118 cm³/mol. The minimum Gasteiger partial charge on any atom is -0.336 e. The van der Waals surface area contributed by atoms with Gasteiger partial charge in [-0.25, -0.2) is 18.2 Å². The Morgan fingerprint density at radius 2 is 1.88 bits per heavy atom. The molecule has 2 saturated heterocycles. The molecule has 2 N–H and O–H groups in total. The molecule has 3 unspecified atom stereocenters. The van der Waals surface area contributed by atoms with Crippen LogP contribution in [0.2, 0.25) is 0 Å². The van der Waals surface area contributed by atoms with Crippen LogP contribution in [0.3, 0.4) is 0 Å². The monoisotopic (exact) mass is 466 g/mol. The first-order valence-electron chi connectivity index (χ1n) is 11.4. The number of nitrogens with zero attached hydrogens (tertiary/aromatic N) is 2. The van der Waals surface area contributed by atoms with Crippen LogP contribution in [0.15, 0.2) is 18.2 Å². The highest BCUT2D eigenvalue weighted by Crippen LogP contribution is 2.35. The standard InChI is InChI=1S/C22H31FN4O4S/c1-2-32(30,31)27-11-9-26(10-12-27)22(29)18-13-15(7-8-19(18)23)14-20-16-5-3-4-6-17(16)21(28)25-24-20/h7-8,13,16-17,20,24H,2-6,9-12,14H2,1H3,(H,25,28). The molecule has 32 heavy (non-hydrogen) atoms. The van der Waals surface area contributed by atoms with Gasteiger partial charge in [0.05, 0.1) is 11.3 Å². The Morgan fingerprint density at radius 1 is 1.16 bits per heavy atom. The molecule has 2 amide bonds. The summed E-state index contributed by atoms with van der Waals surface area (Å²) >= 11 is 0. The summed E-state index contributed by atoms with van der Waals surface area (Å²) in [5.41, 5.74) is 6.74. The molecule has 176 valence electrons. The van der Waals surface area contributed by atoms with Crippen molar-refractivity contribution in [1.29, 1.82) is 0 Å². The minimum absolute atomic E-state index is 0.00671. The molecule has 4 rings (SSSR count). The molecule has 0 bridgehead atoms. The van der Waals surface area contributed by atoms with Gasteiger partial charge in [0.1, 0.15) is 5.82 Å². The highest BCUT2D eigenvalue weighted by molar-refractivity contribution is 7.89. The van der Waals surface area contributed by atoms with Gasteiger partial charge in [0.15, 0.2) is 0 Å². The third-order valence-corrected chi connectivity index (χ3v) is 8.94. The molecule has 3 aliphatic rings. The lowest BCUT2D eigenvalue weighted by molar-refractivity contribution is -0.133. The Labute approximate surface area is 188 Å². The Kier molecular flexibility index (Phi) is 6.83. The Bertz CT molecular complexity index is 978. The van der Waals surface area contributed by atoms with Crippen molar-refractivity contribution in [2.75, 3.05) is 31.9 Å². The lowest BCUT2D eigenvalue weighted by Crippen LogP contribution is -2.60. The lowest BCUT2D eigenvalue weighted by Gasteiger charge is -2.41. The van der Waals surface area contributed by atoms with Gasteiger partial charge in [-0.1, -0.05) is 18.9 Å². The number of hydrogen-bond donors (Lipinski definition) is 2. The summed E-state index contributed by atoms with van der Waals surface area (Å²) in [7, 11) is -3.30. The highest BCUT2D eigenvalue weighted by atomic mass is 32.2. The van der Waals surface area contributed by atoms with Gasteiger partial charge in [0, 0.05) is 38.1 Å². The number of nitrogens with one attached hydrogen (secondary N) is 2. The molecule has 2 aliphatic heterocycles. The minimum atomic E-state index is -3.30. The number of carbonyl (C=O) groups excluding carboxylic acids is 2. The topological polar surface area (TPSA) is 98.8 Å². The average molecular weight is 467 g/mol. The molecule has 8 nitrogen and oxygen atoms in total. The fourth-order valence-electron chi connectivity index (χ4n) is 5.17. The van der Waals surface area contributed by atoms with E-state index in [1.165, 1.54) is 15.3 Å². The molecule has 3 fully saturated rings. The summed E-state index contributed by atoms with van der Waals surface area (Å²) in [6, 6.07) is 4.64. The van der Waals surface area contributed by atoms with Crippen LogP contribution in [0.1, 0.15) is 48.5 Å². The van der Waals surface area contributed by atoms with Crippen molar-refractivity contribution in [2.24, 2.45) is 11.8 Å². The van der Waals surface area contributed by atoms with Crippen LogP contribution in [-0.2, 0) is 21.2 Å². The SMILES string of the molecule is CCS(=O)(=O)N1CCN(C(=O)c2cc(CC3NNC(=O)C4CCCCC34)ccc2F)CC1. The van der Waals surface area contributed by atoms with E-state index in [0.717, 1.165) is 31.2 Å². The van der Waals surface area contributed by atoms with Gasteiger partial charge in [0.2, 0.25) is 15.9 Å². The number of sulfonamides is 1. The zero-order valence-corrected chi connectivity index (χ0v) is 19.2. The van der Waals surface area contributed by atoms with Crippen molar-refractivity contribution in [2.45, 2.75) is 45.1 Å². The Morgan fingerprint density at radius 3 is 2.59 bits per heavy atom. The van der Waals surface area contributed by atoms with E-state index in [1.807, 2.05) is 0 Å². The first-order chi connectivity index (χ1) is 15.3. The number of hydrazine groups is 1. The summed E-state index contributed by atoms with van der Waals surface area (Å²) in [6.07, 6.45) is 4.61. The van der Waals surface area contributed by atoms with E-state index in [-0.39, 0.29) is 61.3 Å². The van der Waals surface area contributed by atoms with Crippen molar-refractivity contribution in [3.05, 3.63) is 35.1 Å². The van der Waals surface area contributed by atoms with Gasteiger partial charge in [-0.3, -0.25) is 15.0 Å². The Balaban J connectivity index is 1.45. The third kappa shape index (κ3) is 4.67. The van der Waals surface area contributed by atoms with Gasteiger partial charge < -0.3 is 4.90 Å². The van der Waals surface area contributed by atoms with E-state index in [0.29, 0.717) is 6.42 Å². The predicted octanol–water partition coefficient (Wildman–Crippen LogP) is 1.29. The number of rotatable bonds is 5. The van der Waals surface area contributed by atoms with Crippen LogP contribution in [0.5, 0.6) is 0 Å². The number of amides is 2. The smallest absolute Gasteiger partial charge is 0.256 e. The molecule has 1 aliphatic carbocycles. The molecule has 0 aromatic heterocycles. The van der Waals surface area contributed by atoms with E-state index >= 15 is 0 Å². The van der Waals surface area contributed by atoms with Gasteiger partial charge in [-0.15, -0.1) is 0 Å².